The van der Waals surface area contributed by atoms with Gasteiger partial charge in [-0.1, -0.05) is 47.5 Å². The molecule has 0 saturated carbocycles. The van der Waals surface area contributed by atoms with Crippen molar-refractivity contribution >= 4 is 46.3 Å². The van der Waals surface area contributed by atoms with E-state index in [4.69, 9.17) is 27.9 Å². The molecule has 1 unspecified atom stereocenters. The van der Waals surface area contributed by atoms with Crippen LogP contribution in [0.2, 0.25) is 10.0 Å². The number of rotatable bonds is 8. The molecule has 0 bridgehead atoms. The number of likely N-dealkylation sites (tertiary alicyclic amines) is 1. The van der Waals surface area contributed by atoms with E-state index in [-0.39, 0.29) is 17.9 Å². The number of aliphatic hydroxyl groups excluding tert-OH is 1. The number of aliphatic hydroxyl groups is 1. The number of anilines is 1. The van der Waals surface area contributed by atoms with E-state index in [9.17, 15) is 14.7 Å². The highest BCUT2D eigenvalue weighted by Gasteiger charge is 2.45. The van der Waals surface area contributed by atoms with Crippen molar-refractivity contribution in [1.29, 1.82) is 0 Å². The highest BCUT2D eigenvalue weighted by atomic mass is 35.5. The maximum Gasteiger partial charge on any atom is 0.295 e. The van der Waals surface area contributed by atoms with E-state index in [1.54, 1.807) is 30.3 Å². The fraction of sp³-hybridized carbons (Fsp3) is 0.241. The molecule has 1 heterocycles. The minimum atomic E-state index is -0.755. The Balaban J connectivity index is 1.79. The molecular formula is C29H28Cl2N2O4. The Kier molecular flexibility index (Phi) is 8.10. The molecule has 0 radical (unpaired) electrons. The molecule has 4 rings (SSSR count). The molecule has 1 amide bonds. The van der Waals surface area contributed by atoms with Crippen molar-refractivity contribution in [3.05, 3.63) is 99.0 Å². The van der Waals surface area contributed by atoms with E-state index in [2.05, 4.69) is 0 Å². The first-order chi connectivity index (χ1) is 17.7. The molecule has 1 atom stereocenters. The van der Waals surface area contributed by atoms with Crippen LogP contribution in [0.15, 0.2) is 72.3 Å². The molecule has 1 aliphatic heterocycles. The summed E-state index contributed by atoms with van der Waals surface area (Å²) in [6.45, 7) is 2.50. The fourth-order valence-corrected chi connectivity index (χ4v) is 4.68. The molecule has 0 spiro atoms. The van der Waals surface area contributed by atoms with Crippen LogP contribution in [0.4, 0.5) is 5.69 Å². The lowest BCUT2D eigenvalue weighted by Gasteiger charge is -2.26. The number of carbonyl (C=O) groups is 2. The predicted molar refractivity (Wildman–Crippen MR) is 148 cm³/mol. The summed E-state index contributed by atoms with van der Waals surface area (Å²) in [6.07, 6.45) is 0.520. The Morgan fingerprint density at radius 3 is 2.30 bits per heavy atom. The van der Waals surface area contributed by atoms with Crippen molar-refractivity contribution < 1.29 is 19.4 Å². The van der Waals surface area contributed by atoms with E-state index in [0.29, 0.717) is 34.4 Å². The number of hydrogen-bond donors (Lipinski definition) is 1. The largest absolute Gasteiger partial charge is 0.507 e. The van der Waals surface area contributed by atoms with Crippen molar-refractivity contribution in [2.45, 2.75) is 19.4 Å². The van der Waals surface area contributed by atoms with Gasteiger partial charge in [0.05, 0.1) is 23.2 Å². The third kappa shape index (κ3) is 5.60. The highest BCUT2D eigenvalue weighted by Crippen LogP contribution is 2.41. The quantitative estimate of drug-likeness (QED) is 0.212. The normalized spacial score (nSPS) is 16.8. The third-order valence-corrected chi connectivity index (χ3v) is 6.89. The molecule has 37 heavy (non-hydrogen) atoms. The van der Waals surface area contributed by atoms with Crippen LogP contribution in [-0.4, -0.2) is 48.9 Å². The van der Waals surface area contributed by atoms with Crippen LogP contribution >= 0.6 is 23.2 Å². The Labute approximate surface area is 226 Å². The molecule has 3 aromatic carbocycles. The number of halogens is 2. The van der Waals surface area contributed by atoms with E-state index in [1.165, 1.54) is 4.90 Å². The molecular weight excluding hydrogens is 511 g/mol. The Bertz CT molecular complexity index is 1340. The number of carbonyl (C=O) groups excluding carboxylic acids is 2. The summed E-state index contributed by atoms with van der Waals surface area (Å²) in [4.78, 5) is 30.1. The van der Waals surface area contributed by atoms with Gasteiger partial charge in [0, 0.05) is 36.9 Å². The van der Waals surface area contributed by atoms with Crippen LogP contribution in [-0.2, 0) is 16.0 Å². The maximum absolute atomic E-state index is 13.3. The summed E-state index contributed by atoms with van der Waals surface area (Å²) in [5.74, 6) is -1.27. The first-order valence-electron chi connectivity index (χ1n) is 11.9. The Hall–Kier alpha value is -3.48. The molecule has 3 aromatic rings. The fourth-order valence-electron chi connectivity index (χ4n) is 4.38. The minimum Gasteiger partial charge on any atom is -0.507 e. The lowest BCUT2D eigenvalue weighted by atomic mass is 9.95. The van der Waals surface area contributed by atoms with Gasteiger partial charge < -0.3 is 19.6 Å². The van der Waals surface area contributed by atoms with Gasteiger partial charge >= 0.3 is 0 Å². The monoisotopic (exact) mass is 538 g/mol. The number of benzene rings is 3. The summed E-state index contributed by atoms with van der Waals surface area (Å²) in [7, 11) is 3.87. The lowest BCUT2D eigenvalue weighted by molar-refractivity contribution is -0.139. The number of amides is 1. The van der Waals surface area contributed by atoms with Gasteiger partial charge in [-0.15, -0.1) is 0 Å². The first-order valence-corrected chi connectivity index (χ1v) is 12.7. The van der Waals surface area contributed by atoms with Gasteiger partial charge in [-0.2, -0.15) is 0 Å². The van der Waals surface area contributed by atoms with Crippen LogP contribution in [0, 0.1) is 0 Å². The Morgan fingerprint density at radius 2 is 1.68 bits per heavy atom. The molecule has 1 saturated heterocycles. The summed E-state index contributed by atoms with van der Waals surface area (Å²) in [5, 5.41) is 12.4. The second kappa shape index (κ2) is 11.3. The summed E-state index contributed by atoms with van der Waals surface area (Å²) < 4.78 is 5.56. The predicted octanol–water partition coefficient (Wildman–Crippen LogP) is 6.12. The standard InChI is InChI=1S/C29H28Cl2N2O4/c1-4-37-24-17-20(9-14-23(24)31)27(34)25-26(19-7-12-22(13-8-19)32(2)3)33(29(36)28(25)35)16-15-18-5-10-21(30)11-6-18/h5-14,17,26,34H,4,15-16H2,1-3H3/b27-25-. The van der Waals surface area contributed by atoms with Gasteiger partial charge in [-0.25, -0.2) is 0 Å². The second-order valence-electron chi connectivity index (χ2n) is 8.93. The van der Waals surface area contributed by atoms with Crippen molar-refractivity contribution in [3.63, 3.8) is 0 Å². The molecule has 8 heteroatoms. The van der Waals surface area contributed by atoms with Gasteiger partial charge in [-0.3, -0.25) is 9.59 Å². The number of Topliss-reactive ketones (excluding diaryl/α,β-unsaturated/α-hetero) is 1. The number of ether oxygens (including phenoxy) is 1. The zero-order valence-electron chi connectivity index (χ0n) is 20.9. The second-order valence-corrected chi connectivity index (χ2v) is 9.78. The molecule has 0 aliphatic carbocycles. The lowest BCUT2D eigenvalue weighted by Crippen LogP contribution is -2.31. The van der Waals surface area contributed by atoms with E-state index >= 15 is 0 Å². The van der Waals surface area contributed by atoms with Crippen LogP contribution < -0.4 is 9.64 Å². The zero-order chi connectivity index (χ0) is 26.7. The zero-order valence-corrected chi connectivity index (χ0v) is 22.4. The topological polar surface area (TPSA) is 70.1 Å². The minimum absolute atomic E-state index is 0.0310. The average Bonchev–Trinajstić information content (AvgIpc) is 3.14. The van der Waals surface area contributed by atoms with Crippen molar-refractivity contribution in [3.8, 4) is 5.75 Å². The van der Waals surface area contributed by atoms with Gasteiger partial charge in [0.25, 0.3) is 11.7 Å². The van der Waals surface area contributed by atoms with Crippen LogP contribution in [0.1, 0.15) is 29.7 Å². The SMILES string of the molecule is CCOc1cc(/C(O)=C2/C(=O)C(=O)N(CCc3ccc(Cl)cc3)C2c2ccc(N(C)C)cc2)ccc1Cl. The van der Waals surface area contributed by atoms with Gasteiger partial charge in [0.15, 0.2) is 0 Å². The van der Waals surface area contributed by atoms with Crippen LogP contribution in [0.25, 0.3) is 5.76 Å². The summed E-state index contributed by atoms with van der Waals surface area (Å²) in [6, 6.07) is 19.0. The van der Waals surface area contributed by atoms with Crippen LogP contribution in [0.3, 0.4) is 0 Å². The van der Waals surface area contributed by atoms with Crippen LogP contribution in [0.5, 0.6) is 5.75 Å². The third-order valence-electron chi connectivity index (χ3n) is 6.32. The molecule has 1 fully saturated rings. The Morgan fingerprint density at radius 1 is 1.00 bits per heavy atom. The molecule has 192 valence electrons. The first kappa shape index (κ1) is 26.6. The van der Waals surface area contributed by atoms with Gasteiger partial charge in [0.2, 0.25) is 0 Å². The van der Waals surface area contributed by atoms with Crippen molar-refractivity contribution in [1.82, 2.24) is 4.90 Å². The molecule has 1 N–H and O–H groups in total. The van der Waals surface area contributed by atoms with E-state index in [1.807, 2.05) is 62.3 Å². The number of ketones is 1. The van der Waals surface area contributed by atoms with Crippen molar-refractivity contribution in [2.75, 3.05) is 32.1 Å². The van der Waals surface area contributed by atoms with Gasteiger partial charge in [-0.05, 0) is 66.9 Å². The molecule has 0 aromatic heterocycles. The van der Waals surface area contributed by atoms with Crippen molar-refractivity contribution in [2.24, 2.45) is 0 Å². The number of hydrogen-bond acceptors (Lipinski definition) is 5. The molecule has 1 aliphatic rings. The average molecular weight is 539 g/mol. The maximum atomic E-state index is 13.3. The van der Waals surface area contributed by atoms with E-state index in [0.717, 1.165) is 16.8 Å². The van der Waals surface area contributed by atoms with E-state index < -0.39 is 17.7 Å². The number of nitrogens with zero attached hydrogens (tertiary/aromatic N) is 2. The highest BCUT2D eigenvalue weighted by molar-refractivity contribution is 6.46. The molecule has 6 nitrogen and oxygen atoms in total. The smallest absolute Gasteiger partial charge is 0.295 e. The summed E-state index contributed by atoms with van der Waals surface area (Å²) >= 11 is 12.2. The summed E-state index contributed by atoms with van der Waals surface area (Å²) in [5.41, 5.74) is 3.05. The van der Waals surface area contributed by atoms with Gasteiger partial charge in [0.1, 0.15) is 11.5 Å².